The number of hydrogen-bond acceptors (Lipinski definition) is 3. The lowest BCUT2D eigenvalue weighted by Gasteiger charge is -2.11. The SMILES string of the molecule is CCOc1ccc(CC(CN)CO)cc1. The normalized spacial score (nSPS) is 12.5. The molecule has 0 saturated heterocycles. The molecule has 3 nitrogen and oxygen atoms in total. The van der Waals surface area contributed by atoms with Gasteiger partial charge < -0.3 is 15.6 Å². The smallest absolute Gasteiger partial charge is 0.119 e. The number of rotatable bonds is 6. The quantitative estimate of drug-likeness (QED) is 0.740. The molecule has 0 aliphatic rings. The zero-order valence-corrected chi connectivity index (χ0v) is 9.15. The van der Waals surface area contributed by atoms with Crippen molar-refractivity contribution in [2.24, 2.45) is 11.7 Å². The van der Waals surface area contributed by atoms with E-state index in [-0.39, 0.29) is 12.5 Å². The van der Waals surface area contributed by atoms with E-state index in [1.165, 1.54) is 5.56 Å². The van der Waals surface area contributed by atoms with Gasteiger partial charge in [-0.15, -0.1) is 0 Å². The van der Waals surface area contributed by atoms with E-state index in [1.54, 1.807) is 0 Å². The summed E-state index contributed by atoms with van der Waals surface area (Å²) in [6, 6.07) is 7.93. The van der Waals surface area contributed by atoms with Gasteiger partial charge in [-0.05, 0) is 43.5 Å². The largest absolute Gasteiger partial charge is 0.494 e. The zero-order valence-electron chi connectivity index (χ0n) is 9.15. The minimum Gasteiger partial charge on any atom is -0.494 e. The van der Waals surface area contributed by atoms with Crippen molar-refractivity contribution < 1.29 is 9.84 Å². The minimum atomic E-state index is 0.143. The van der Waals surface area contributed by atoms with Gasteiger partial charge in [-0.2, -0.15) is 0 Å². The molecule has 0 fully saturated rings. The van der Waals surface area contributed by atoms with E-state index >= 15 is 0 Å². The highest BCUT2D eigenvalue weighted by molar-refractivity contribution is 5.27. The van der Waals surface area contributed by atoms with Crippen LogP contribution in [-0.2, 0) is 6.42 Å². The average Bonchev–Trinajstić information content (AvgIpc) is 2.28. The lowest BCUT2D eigenvalue weighted by molar-refractivity contribution is 0.230. The van der Waals surface area contributed by atoms with Gasteiger partial charge in [0.25, 0.3) is 0 Å². The van der Waals surface area contributed by atoms with Crippen LogP contribution in [0.1, 0.15) is 12.5 Å². The number of ether oxygens (including phenoxy) is 1. The highest BCUT2D eigenvalue weighted by Gasteiger charge is 2.05. The predicted molar refractivity (Wildman–Crippen MR) is 60.9 cm³/mol. The Morgan fingerprint density at radius 1 is 1.33 bits per heavy atom. The Bertz CT molecular complexity index is 267. The second-order valence-electron chi connectivity index (χ2n) is 3.57. The van der Waals surface area contributed by atoms with E-state index in [9.17, 15) is 0 Å². The summed E-state index contributed by atoms with van der Waals surface area (Å²) in [5.74, 6) is 1.04. The van der Waals surface area contributed by atoms with Gasteiger partial charge in [-0.3, -0.25) is 0 Å². The molecular weight excluding hydrogens is 190 g/mol. The molecule has 0 bridgehead atoms. The van der Waals surface area contributed by atoms with Crippen LogP contribution < -0.4 is 10.5 Å². The topological polar surface area (TPSA) is 55.5 Å². The summed E-state index contributed by atoms with van der Waals surface area (Å²) in [6.07, 6.45) is 0.819. The molecule has 3 heteroatoms. The average molecular weight is 209 g/mol. The molecule has 15 heavy (non-hydrogen) atoms. The first kappa shape index (κ1) is 12.0. The van der Waals surface area contributed by atoms with Crippen LogP contribution in [0.15, 0.2) is 24.3 Å². The van der Waals surface area contributed by atoms with Crippen LogP contribution in [0.2, 0.25) is 0 Å². The fourth-order valence-corrected chi connectivity index (χ4v) is 1.44. The summed E-state index contributed by atoms with van der Waals surface area (Å²) in [4.78, 5) is 0. The van der Waals surface area contributed by atoms with Gasteiger partial charge in [0.05, 0.1) is 6.61 Å². The van der Waals surface area contributed by atoms with Crippen molar-refractivity contribution in [1.29, 1.82) is 0 Å². The van der Waals surface area contributed by atoms with Gasteiger partial charge in [0.1, 0.15) is 5.75 Å². The molecular formula is C12H19NO2. The molecule has 0 aliphatic carbocycles. The van der Waals surface area contributed by atoms with Gasteiger partial charge in [0.15, 0.2) is 0 Å². The van der Waals surface area contributed by atoms with Crippen LogP contribution in [0.5, 0.6) is 5.75 Å². The van der Waals surface area contributed by atoms with Crippen LogP contribution in [0, 0.1) is 5.92 Å². The van der Waals surface area contributed by atoms with Crippen LogP contribution in [0.25, 0.3) is 0 Å². The lowest BCUT2D eigenvalue weighted by atomic mass is 10.0. The van der Waals surface area contributed by atoms with E-state index in [4.69, 9.17) is 15.6 Å². The van der Waals surface area contributed by atoms with Crippen LogP contribution >= 0.6 is 0 Å². The minimum absolute atomic E-state index is 0.143. The second-order valence-corrected chi connectivity index (χ2v) is 3.57. The van der Waals surface area contributed by atoms with Crippen molar-refractivity contribution in [2.75, 3.05) is 19.8 Å². The number of benzene rings is 1. The molecule has 0 saturated carbocycles. The molecule has 0 aliphatic heterocycles. The van der Waals surface area contributed by atoms with Gasteiger partial charge in [0, 0.05) is 6.61 Å². The zero-order chi connectivity index (χ0) is 11.1. The summed E-state index contributed by atoms with van der Waals surface area (Å²) in [6.45, 7) is 3.30. The van der Waals surface area contributed by atoms with Crippen molar-refractivity contribution >= 4 is 0 Å². The molecule has 0 radical (unpaired) electrons. The van der Waals surface area contributed by atoms with E-state index in [0.717, 1.165) is 12.2 Å². The standard InChI is InChI=1S/C12H19NO2/c1-2-15-12-5-3-10(4-6-12)7-11(8-13)9-14/h3-6,11,14H,2,7-9,13H2,1H3. The van der Waals surface area contributed by atoms with Gasteiger partial charge in [0.2, 0.25) is 0 Å². The third-order valence-corrected chi connectivity index (χ3v) is 2.35. The summed E-state index contributed by atoms with van der Waals surface area (Å²) in [5, 5.41) is 9.02. The molecule has 1 unspecified atom stereocenters. The number of aliphatic hydroxyl groups is 1. The Balaban J connectivity index is 2.55. The third kappa shape index (κ3) is 3.90. The monoisotopic (exact) mass is 209 g/mol. The maximum absolute atomic E-state index is 9.02. The second kappa shape index (κ2) is 6.43. The molecule has 84 valence electrons. The number of hydrogen-bond donors (Lipinski definition) is 2. The van der Waals surface area contributed by atoms with Crippen molar-refractivity contribution in [2.45, 2.75) is 13.3 Å². The maximum atomic E-state index is 9.02. The Morgan fingerprint density at radius 3 is 2.47 bits per heavy atom. The van der Waals surface area contributed by atoms with Gasteiger partial charge >= 0.3 is 0 Å². The van der Waals surface area contributed by atoms with Crippen LogP contribution in [0.3, 0.4) is 0 Å². The highest BCUT2D eigenvalue weighted by Crippen LogP contribution is 2.14. The third-order valence-electron chi connectivity index (χ3n) is 2.35. The molecule has 0 aromatic heterocycles. The fraction of sp³-hybridized carbons (Fsp3) is 0.500. The van der Waals surface area contributed by atoms with Gasteiger partial charge in [-0.25, -0.2) is 0 Å². The van der Waals surface area contributed by atoms with Crippen molar-refractivity contribution in [3.63, 3.8) is 0 Å². The predicted octanol–water partition coefficient (Wildman–Crippen LogP) is 1.19. The number of aliphatic hydroxyl groups excluding tert-OH is 1. The Kier molecular flexibility index (Phi) is 5.15. The van der Waals surface area contributed by atoms with Crippen molar-refractivity contribution in [3.05, 3.63) is 29.8 Å². The van der Waals surface area contributed by atoms with E-state index in [2.05, 4.69) is 0 Å². The Hall–Kier alpha value is -1.06. The molecule has 0 amide bonds. The molecule has 1 rings (SSSR count). The summed E-state index contributed by atoms with van der Waals surface area (Å²) < 4.78 is 5.34. The molecule has 1 aromatic carbocycles. The highest BCUT2D eigenvalue weighted by atomic mass is 16.5. The first-order chi connectivity index (χ1) is 7.30. The molecule has 1 atom stereocenters. The van der Waals surface area contributed by atoms with Gasteiger partial charge in [-0.1, -0.05) is 12.1 Å². The molecule has 3 N–H and O–H groups in total. The Labute approximate surface area is 90.9 Å². The van der Waals surface area contributed by atoms with Crippen molar-refractivity contribution in [1.82, 2.24) is 0 Å². The van der Waals surface area contributed by atoms with Crippen LogP contribution in [0.4, 0.5) is 0 Å². The number of nitrogens with two attached hydrogens (primary N) is 1. The molecule has 0 heterocycles. The van der Waals surface area contributed by atoms with E-state index in [1.807, 2.05) is 31.2 Å². The van der Waals surface area contributed by atoms with E-state index < -0.39 is 0 Å². The summed E-state index contributed by atoms with van der Waals surface area (Å²) in [5.41, 5.74) is 6.71. The summed E-state index contributed by atoms with van der Waals surface area (Å²) >= 11 is 0. The van der Waals surface area contributed by atoms with Crippen LogP contribution in [-0.4, -0.2) is 24.9 Å². The molecule has 0 spiro atoms. The fourth-order valence-electron chi connectivity index (χ4n) is 1.44. The first-order valence-corrected chi connectivity index (χ1v) is 5.32. The summed E-state index contributed by atoms with van der Waals surface area (Å²) in [7, 11) is 0. The van der Waals surface area contributed by atoms with Crippen molar-refractivity contribution in [3.8, 4) is 5.75 Å². The lowest BCUT2D eigenvalue weighted by Crippen LogP contribution is -2.20. The van der Waals surface area contributed by atoms with E-state index in [0.29, 0.717) is 13.2 Å². The maximum Gasteiger partial charge on any atom is 0.119 e. The first-order valence-electron chi connectivity index (χ1n) is 5.32. The Morgan fingerprint density at radius 2 is 2.00 bits per heavy atom. The molecule has 1 aromatic rings.